The highest BCUT2D eigenvalue weighted by molar-refractivity contribution is 6.73. The maximum atomic E-state index is 5.98. The van der Waals surface area contributed by atoms with E-state index in [0.717, 1.165) is 6.42 Å². The molecule has 0 amide bonds. The van der Waals surface area contributed by atoms with Gasteiger partial charge < -0.3 is 4.43 Å². The van der Waals surface area contributed by atoms with E-state index >= 15 is 0 Å². The van der Waals surface area contributed by atoms with Gasteiger partial charge in [-0.05, 0) is 31.0 Å². The van der Waals surface area contributed by atoms with Crippen molar-refractivity contribution in [3.8, 4) is 0 Å². The van der Waals surface area contributed by atoms with E-state index in [0.29, 0.717) is 0 Å². The van der Waals surface area contributed by atoms with Crippen molar-refractivity contribution < 1.29 is 4.43 Å². The fraction of sp³-hybridized carbons (Fsp3) is 0.833. The number of rotatable bonds is 8. The van der Waals surface area contributed by atoms with E-state index in [2.05, 4.69) is 33.8 Å². The van der Waals surface area contributed by atoms with Crippen molar-refractivity contribution in [3.63, 3.8) is 0 Å². The number of hydrogen-bond acceptors (Lipinski definition) is 1. The molecular weight excluding hydrogens is 188 g/mol. The average molecular weight is 214 g/mol. The molecule has 0 aliphatic rings. The molecule has 0 bridgehead atoms. The van der Waals surface area contributed by atoms with Gasteiger partial charge in [0.05, 0.1) is 6.26 Å². The van der Waals surface area contributed by atoms with E-state index in [9.17, 15) is 0 Å². The van der Waals surface area contributed by atoms with Crippen LogP contribution >= 0.6 is 0 Å². The molecule has 0 aromatic carbocycles. The molecular formula is C12H26OSi. The van der Waals surface area contributed by atoms with Crippen LogP contribution < -0.4 is 0 Å². The van der Waals surface area contributed by atoms with Crippen LogP contribution in [-0.4, -0.2) is 8.32 Å². The van der Waals surface area contributed by atoms with Crippen LogP contribution in [0.25, 0.3) is 0 Å². The number of hydrogen-bond donors (Lipinski definition) is 0. The smallest absolute Gasteiger partial charge is 0.249 e. The van der Waals surface area contributed by atoms with Crippen molar-refractivity contribution >= 4 is 8.32 Å². The van der Waals surface area contributed by atoms with Crippen molar-refractivity contribution in [2.45, 2.75) is 65.1 Å². The summed E-state index contributed by atoms with van der Waals surface area (Å²) >= 11 is 0. The van der Waals surface area contributed by atoms with E-state index in [1.54, 1.807) is 0 Å². The second-order valence-corrected chi connectivity index (χ2v) is 8.60. The molecule has 2 heteroatoms. The summed E-state index contributed by atoms with van der Waals surface area (Å²) in [6, 6.07) is 3.70. The van der Waals surface area contributed by atoms with Crippen LogP contribution in [0.3, 0.4) is 0 Å². The lowest BCUT2D eigenvalue weighted by atomic mass is 10.2. The lowest BCUT2D eigenvalue weighted by Gasteiger charge is -2.26. The lowest BCUT2D eigenvalue weighted by Crippen LogP contribution is -2.33. The zero-order valence-electron chi connectivity index (χ0n) is 10.3. The molecule has 0 fully saturated rings. The van der Waals surface area contributed by atoms with Crippen molar-refractivity contribution in [1.82, 2.24) is 0 Å². The van der Waals surface area contributed by atoms with Crippen LogP contribution in [0.2, 0.25) is 18.1 Å². The second-order valence-electron chi connectivity index (χ2n) is 3.88. The Morgan fingerprint density at radius 2 is 1.57 bits per heavy atom. The monoisotopic (exact) mass is 214 g/mol. The fourth-order valence-electron chi connectivity index (χ4n) is 1.58. The summed E-state index contributed by atoms with van der Waals surface area (Å²) in [4.78, 5) is 0. The van der Waals surface area contributed by atoms with Gasteiger partial charge in [-0.2, -0.15) is 0 Å². The van der Waals surface area contributed by atoms with Crippen molar-refractivity contribution in [2.75, 3.05) is 0 Å². The van der Waals surface area contributed by atoms with Gasteiger partial charge in [-0.25, -0.2) is 0 Å². The van der Waals surface area contributed by atoms with Crippen LogP contribution in [-0.2, 0) is 4.43 Å². The van der Waals surface area contributed by atoms with Gasteiger partial charge >= 0.3 is 0 Å². The Balaban J connectivity index is 3.86. The summed E-state index contributed by atoms with van der Waals surface area (Å²) in [5.74, 6) is 0. The Hall–Kier alpha value is -0.243. The van der Waals surface area contributed by atoms with Gasteiger partial charge in [0, 0.05) is 0 Å². The molecule has 0 heterocycles. The van der Waals surface area contributed by atoms with Crippen LogP contribution in [0.1, 0.15) is 47.0 Å². The largest absolute Gasteiger partial charge is 0.549 e. The first-order chi connectivity index (χ1) is 6.74. The Morgan fingerprint density at radius 1 is 1.00 bits per heavy atom. The van der Waals surface area contributed by atoms with E-state index in [4.69, 9.17) is 4.43 Å². The summed E-state index contributed by atoms with van der Waals surface area (Å²) < 4.78 is 5.98. The summed E-state index contributed by atoms with van der Waals surface area (Å²) in [5, 5.41) is 0. The van der Waals surface area contributed by atoms with Gasteiger partial charge in [0.15, 0.2) is 0 Å². The molecule has 0 rings (SSSR count). The molecule has 14 heavy (non-hydrogen) atoms. The summed E-state index contributed by atoms with van der Waals surface area (Å²) in [5.41, 5.74) is 0. The second kappa shape index (κ2) is 8.10. The van der Waals surface area contributed by atoms with Gasteiger partial charge in [0.2, 0.25) is 8.32 Å². The minimum absolute atomic E-state index is 1.16. The van der Waals surface area contributed by atoms with Gasteiger partial charge in [-0.1, -0.05) is 40.2 Å². The van der Waals surface area contributed by atoms with Crippen molar-refractivity contribution in [2.24, 2.45) is 0 Å². The third-order valence-electron chi connectivity index (χ3n) is 3.07. The number of allylic oxidation sites excluding steroid dienone is 1. The maximum absolute atomic E-state index is 5.98. The Labute approximate surface area is 90.7 Å². The predicted molar refractivity (Wildman–Crippen MR) is 66.9 cm³/mol. The quantitative estimate of drug-likeness (QED) is 0.323. The molecule has 0 unspecified atom stereocenters. The normalized spacial score (nSPS) is 12.3. The standard InChI is InChI=1S/C12H26OSi/c1-5-9-10-11-12-13-14(6-2,7-3)8-4/h11-12H,5-10H2,1-4H3. The maximum Gasteiger partial charge on any atom is 0.249 e. The topological polar surface area (TPSA) is 9.23 Å². The number of unbranched alkanes of at least 4 members (excludes halogenated alkanes) is 2. The van der Waals surface area contributed by atoms with Crippen LogP contribution in [0, 0.1) is 0 Å². The van der Waals surface area contributed by atoms with E-state index in [-0.39, 0.29) is 0 Å². The van der Waals surface area contributed by atoms with Crippen molar-refractivity contribution in [3.05, 3.63) is 12.3 Å². The molecule has 84 valence electrons. The summed E-state index contributed by atoms with van der Waals surface area (Å²) in [7, 11) is -1.36. The molecule has 0 atom stereocenters. The third-order valence-corrected chi connectivity index (χ3v) is 7.57. The first-order valence-corrected chi connectivity index (χ1v) is 8.60. The highest BCUT2D eigenvalue weighted by Gasteiger charge is 2.28. The van der Waals surface area contributed by atoms with Gasteiger partial charge in [0.1, 0.15) is 0 Å². The molecule has 0 N–H and O–H groups in total. The molecule has 0 spiro atoms. The molecule has 0 saturated heterocycles. The van der Waals surface area contributed by atoms with Gasteiger partial charge in [-0.3, -0.25) is 0 Å². The average Bonchev–Trinajstić information content (AvgIpc) is 2.24. The molecule has 0 aliphatic carbocycles. The van der Waals surface area contributed by atoms with Gasteiger partial charge in [0.25, 0.3) is 0 Å². The molecule has 0 saturated carbocycles. The highest BCUT2D eigenvalue weighted by Crippen LogP contribution is 2.21. The predicted octanol–water partition coefficient (Wildman–Crippen LogP) is 4.71. The third kappa shape index (κ3) is 4.84. The Kier molecular flexibility index (Phi) is 7.96. The van der Waals surface area contributed by atoms with Gasteiger partial charge in [-0.15, -0.1) is 0 Å². The molecule has 0 aromatic heterocycles. The molecule has 0 aliphatic heterocycles. The van der Waals surface area contributed by atoms with E-state index in [1.807, 2.05) is 6.26 Å². The fourth-order valence-corrected chi connectivity index (χ4v) is 3.97. The Bertz CT molecular complexity index is 142. The highest BCUT2D eigenvalue weighted by atomic mass is 28.4. The first-order valence-electron chi connectivity index (χ1n) is 6.07. The summed E-state index contributed by atoms with van der Waals surface area (Å²) in [6.07, 6.45) is 7.86. The van der Waals surface area contributed by atoms with Crippen LogP contribution in [0.4, 0.5) is 0 Å². The van der Waals surface area contributed by atoms with Crippen LogP contribution in [0.5, 0.6) is 0 Å². The zero-order chi connectivity index (χ0) is 10.9. The molecule has 0 radical (unpaired) electrons. The van der Waals surface area contributed by atoms with Crippen LogP contribution in [0.15, 0.2) is 12.3 Å². The van der Waals surface area contributed by atoms with Crippen molar-refractivity contribution in [1.29, 1.82) is 0 Å². The zero-order valence-corrected chi connectivity index (χ0v) is 11.3. The van der Waals surface area contributed by atoms with E-state index < -0.39 is 8.32 Å². The minimum atomic E-state index is -1.36. The molecule has 1 nitrogen and oxygen atoms in total. The Morgan fingerprint density at radius 3 is 2.00 bits per heavy atom. The first kappa shape index (κ1) is 13.8. The summed E-state index contributed by atoms with van der Waals surface area (Å²) in [6.45, 7) is 9.01. The lowest BCUT2D eigenvalue weighted by molar-refractivity contribution is 0.455. The minimum Gasteiger partial charge on any atom is -0.549 e. The molecule has 0 aromatic rings. The van der Waals surface area contributed by atoms with E-state index in [1.165, 1.54) is 31.0 Å². The SMILES string of the molecule is CCCCC=CO[Si](CC)(CC)CC.